The van der Waals surface area contributed by atoms with Gasteiger partial charge >= 0.3 is 6.09 Å². The van der Waals surface area contributed by atoms with Gasteiger partial charge in [-0.2, -0.15) is 4.98 Å². The highest BCUT2D eigenvalue weighted by molar-refractivity contribution is 5.85. The van der Waals surface area contributed by atoms with E-state index >= 15 is 0 Å². The van der Waals surface area contributed by atoms with E-state index in [4.69, 9.17) is 28.7 Å². The number of hydrogen-bond donors (Lipinski definition) is 2. The van der Waals surface area contributed by atoms with Crippen LogP contribution in [0.3, 0.4) is 0 Å². The molecule has 1 aliphatic rings. The van der Waals surface area contributed by atoms with Crippen LogP contribution in [0.15, 0.2) is 158 Å². The fraction of sp³-hybridized carbons (Fsp3) is 0.288. The quantitative estimate of drug-likeness (QED) is 0.0905. The van der Waals surface area contributed by atoms with Crippen molar-refractivity contribution in [3.05, 3.63) is 191 Å². The zero-order valence-electron chi connectivity index (χ0n) is 36.7. The van der Waals surface area contributed by atoms with Gasteiger partial charge in [-0.05, 0) is 45.4 Å². The van der Waals surface area contributed by atoms with Crippen molar-refractivity contribution < 1.29 is 38.7 Å². The van der Waals surface area contributed by atoms with Gasteiger partial charge < -0.3 is 38.5 Å². The Morgan fingerprint density at radius 3 is 1.78 bits per heavy atom. The number of amides is 1. The topological polar surface area (TPSA) is 138 Å². The van der Waals surface area contributed by atoms with Crippen LogP contribution in [0.25, 0.3) is 11.0 Å². The number of carbonyl (C=O) groups is 1. The number of likely N-dealkylation sites (tertiary alicyclic amines) is 1. The molecule has 0 bridgehead atoms. The van der Waals surface area contributed by atoms with E-state index in [1.165, 1.54) is 18.3 Å². The minimum absolute atomic E-state index is 0.0515. The molecule has 12 nitrogen and oxygen atoms in total. The summed E-state index contributed by atoms with van der Waals surface area (Å²) in [5.74, 6) is 0.956. The highest BCUT2D eigenvalue weighted by atomic mass is 16.5. The van der Waals surface area contributed by atoms with E-state index in [0.29, 0.717) is 29.0 Å². The zero-order valence-corrected chi connectivity index (χ0v) is 36.7. The fourth-order valence-corrected chi connectivity index (χ4v) is 9.28. The van der Waals surface area contributed by atoms with Crippen molar-refractivity contribution in [2.24, 2.45) is 5.41 Å². The molecule has 0 radical (unpaired) electrons. The van der Waals surface area contributed by atoms with Crippen molar-refractivity contribution in [2.45, 2.75) is 70.1 Å². The summed E-state index contributed by atoms with van der Waals surface area (Å²) in [6, 6.07) is 45.8. The van der Waals surface area contributed by atoms with E-state index in [-0.39, 0.29) is 25.8 Å². The number of benzene rings is 5. The Hall–Kier alpha value is -6.57. The van der Waals surface area contributed by atoms with Gasteiger partial charge in [0.2, 0.25) is 5.88 Å². The van der Waals surface area contributed by atoms with Crippen LogP contribution in [-0.2, 0) is 39.8 Å². The summed E-state index contributed by atoms with van der Waals surface area (Å²) in [5.41, 5.74) is 1.83. The Balaban J connectivity index is 1.31. The lowest BCUT2D eigenvalue weighted by molar-refractivity contribution is -0.135. The second-order valence-electron chi connectivity index (χ2n) is 17.0. The second kappa shape index (κ2) is 18.6. The number of aliphatic hydroxyl groups excluding tert-OH is 1. The summed E-state index contributed by atoms with van der Waals surface area (Å²) in [6.45, 7) is 5.97. The Labute approximate surface area is 373 Å². The van der Waals surface area contributed by atoms with Gasteiger partial charge in [0.05, 0.1) is 40.1 Å². The molecule has 1 aliphatic heterocycles. The van der Waals surface area contributed by atoms with Crippen LogP contribution in [0.2, 0.25) is 0 Å². The van der Waals surface area contributed by atoms with Gasteiger partial charge in [-0.1, -0.05) is 154 Å². The van der Waals surface area contributed by atoms with Crippen LogP contribution >= 0.6 is 0 Å². The molecule has 0 unspecified atom stereocenters. The molecule has 12 heteroatoms. The first kappa shape index (κ1) is 44.1. The predicted molar refractivity (Wildman–Crippen MR) is 243 cm³/mol. The van der Waals surface area contributed by atoms with Crippen molar-refractivity contribution in [1.29, 1.82) is 0 Å². The number of nitrogens with zero attached hydrogens (tertiary/aromatic N) is 4. The zero-order chi connectivity index (χ0) is 44.9. The van der Waals surface area contributed by atoms with E-state index in [2.05, 4.69) is 4.98 Å². The van der Waals surface area contributed by atoms with Gasteiger partial charge in [0.1, 0.15) is 53.2 Å². The minimum atomic E-state index is -1.65. The van der Waals surface area contributed by atoms with Crippen LogP contribution in [0.5, 0.6) is 11.6 Å². The summed E-state index contributed by atoms with van der Waals surface area (Å²) in [6.07, 6.45) is -0.650. The molecule has 2 aromatic heterocycles. The molecule has 0 aliphatic carbocycles. The Kier molecular flexibility index (Phi) is 12.8. The summed E-state index contributed by atoms with van der Waals surface area (Å²) >= 11 is 0. The van der Waals surface area contributed by atoms with Crippen LogP contribution in [0.4, 0.5) is 4.79 Å². The molecule has 4 atom stereocenters. The molecule has 64 heavy (non-hydrogen) atoms. The molecule has 1 amide bonds. The molecule has 7 aromatic rings. The Morgan fingerprint density at radius 1 is 0.719 bits per heavy atom. The van der Waals surface area contributed by atoms with Crippen LogP contribution < -0.4 is 9.47 Å². The summed E-state index contributed by atoms with van der Waals surface area (Å²) in [7, 11) is 3.12. The first-order valence-electron chi connectivity index (χ1n) is 21.3. The van der Waals surface area contributed by atoms with Gasteiger partial charge in [0, 0.05) is 11.8 Å². The maximum absolute atomic E-state index is 14.4. The van der Waals surface area contributed by atoms with E-state index < -0.39 is 40.9 Å². The normalized spacial score (nSPS) is 18.9. The van der Waals surface area contributed by atoms with Crippen molar-refractivity contribution >= 4 is 17.1 Å². The smallest absolute Gasteiger partial charge is 0.408 e. The molecule has 330 valence electrons. The highest BCUT2D eigenvalue weighted by Crippen LogP contribution is 2.55. The molecule has 8 rings (SSSR count). The highest BCUT2D eigenvalue weighted by Gasteiger charge is 2.67. The number of carboxylic acid groups (broad SMARTS) is 1. The molecule has 1 saturated heterocycles. The number of hydrogen-bond acceptors (Lipinski definition) is 9. The fourth-order valence-electron chi connectivity index (χ4n) is 9.28. The maximum atomic E-state index is 14.4. The molecule has 3 heterocycles. The summed E-state index contributed by atoms with van der Waals surface area (Å²) in [5, 5.41) is 25.0. The summed E-state index contributed by atoms with van der Waals surface area (Å²) in [4.78, 5) is 24.9. The van der Waals surface area contributed by atoms with Crippen LogP contribution in [0.1, 0.15) is 60.2 Å². The number of aliphatic hydroxyl groups is 1. The molecular weight excluding hydrogens is 809 g/mol. The first-order chi connectivity index (χ1) is 31.0. The van der Waals surface area contributed by atoms with Crippen LogP contribution in [0, 0.1) is 5.41 Å². The minimum Gasteiger partial charge on any atom is -0.497 e. The number of rotatable bonds is 16. The second-order valence-corrected chi connectivity index (χ2v) is 17.0. The average Bonchev–Trinajstić information content (AvgIpc) is 3.82. The lowest BCUT2D eigenvalue weighted by atomic mass is 9.70. The molecule has 0 saturated carbocycles. The van der Waals surface area contributed by atoms with E-state index in [1.54, 1.807) is 7.11 Å². The summed E-state index contributed by atoms with van der Waals surface area (Å²) < 4.78 is 33.6. The van der Waals surface area contributed by atoms with E-state index in [1.807, 2.05) is 177 Å². The standard InChI is InChI=1S/C52H54N4O8/c1-50(2,3)51(33-64-52(38-20-12-7-13-21-38,39-22-14-8-15-23-39)40-24-16-9-17-25-40)47(57)46(63-32-37-26-28-41(60-4)29-27-37)44(56(51)49(58)59)42-30-55(35-62-31-36-18-10-6-11-19-36)45-43(42)53-34-54-48(45)61-5/h6-30,34,44,46-47,57H,31-33,35H2,1-5H3,(H,58,59)/t44-,46-,47-,51+/m0/s1. The Morgan fingerprint density at radius 2 is 1.27 bits per heavy atom. The third-order valence-corrected chi connectivity index (χ3v) is 12.5. The van der Waals surface area contributed by atoms with Gasteiger partial charge in [-0.3, -0.25) is 4.90 Å². The third-order valence-electron chi connectivity index (χ3n) is 12.5. The average molecular weight is 863 g/mol. The largest absolute Gasteiger partial charge is 0.497 e. The Bertz CT molecular complexity index is 2530. The number of fused-ring (bicyclic) bond motifs is 1. The lowest BCUT2D eigenvalue weighted by Gasteiger charge is -2.51. The lowest BCUT2D eigenvalue weighted by Crippen LogP contribution is -2.65. The van der Waals surface area contributed by atoms with Gasteiger partial charge in [0.25, 0.3) is 0 Å². The predicted octanol–water partition coefficient (Wildman–Crippen LogP) is 9.40. The monoisotopic (exact) mass is 862 g/mol. The van der Waals surface area contributed by atoms with Gasteiger partial charge in [-0.25, -0.2) is 9.78 Å². The molecule has 0 spiro atoms. The van der Waals surface area contributed by atoms with Gasteiger partial charge in [-0.15, -0.1) is 0 Å². The number of aromatic nitrogens is 3. The van der Waals surface area contributed by atoms with Crippen molar-refractivity contribution in [2.75, 3.05) is 20.8 Å². The maximum Gasteiger partial charge on any atom is 0.408 e. The molecule has 1 fully saturated rings. The van der Waals surface area contributed by atoms with Crippen molar-refractivity contribution in [3.8, 4) is 11.6 Å². The van der Waals surface area contributed by atoms with Crippen LogP contribution in [-0.4, -0.2) is 74.3 Å². The van der Waals surface area contributed by atoms with Gasteiger partial charge in [0.15, 0.2) is 0 Å². The number of ether oxygens (including phenoxy) is 5. The van der Waals surface area contributed by atoms with Crippen molar-refractivity contribution in [3.63, 3.8) is 0 Å². The first-order valence-corrected chi connectivity index (χ1v) is 21.3. The number of methoxy groups -OCH3 is 2. The van der Waals surface area contributed by atoms with E-state index in [0.717, 1.165) is 27.8 Å². The van der Waals surface area contributed by atoms with Crippen molar-refractivity contribution in [1.82, 2.24) is 19.4 Å². The van der Waals surface area contributed by atoms with E-state index in [9.17, 15) is 15.0 Å². The molecular formula is C52H54N4O8. The molecule has 5 aromatic carbocycles. The molecule has 2 N–H and O–H groups in total. The third kappa shape index (κ3) is 8.10. The SMILES string of the molecule is COc1ccc(CO[C@H]2[C@H](c3cn(COCc4ccccc4)c4c(OC)ncnc34)N(C(=O)O)[C@@](COC(c3ccccc3)(c3ccccc3)c3ccccc3)(C(C)(C)C)[C@H]2O)cc1.